The first-order valence-corrected chi connectivity index (χ1v) is 10.8. The van der Waals surface area contributed by atoms with Gasteiger partial charge in [0.05, 0.1) is 0 Å². The van der Waals surface area contributed by atoms with Gasteiger partial charge in [-0.2, -0.15) is 83.9 Å². The quantitative estimate of drug-likeness (QED) is 0.127. The topological polar surface area (TPSA) is 3.24 Å². The lowest BCUT2D eigenvalue weighted by atomic mass is 9.58. The number of hydrogen-bond acceptors (Lipinski definition) is 1. The Morgan fingerprint density at radius 2 is 0.532 bits per heavy atom. The molecular weight excluding hydrogens is 755 g/mol. The van der Waals surface area contributed by atoms with E-state index in [1.54, 1.807) is 0 Å². The van der Waals surface area contributed by atoms with Crippen molar-refractivity contribution in [1.29, 1.82) is 0 Å². The summed E-state index contributed by atoms with van der Waals surface area (Å²) in [5.74, 6) is -113. The van der Waals surface area contributed by atoms with Crippen molar-refractivity contribution in [3.05, 3.63) is 34.6 Å². The number of likely N-dealkylation sites (tertiary alicyclic amines) is 1. The second-order valence-corrected chi connectivity index (χ2v) is 9.98. The van der Waals surface area contributed by atoms with Crippen LogP contribution < -0.4 is 0 Å². The molecule has 0 amide bonds. The number of benzene rings is 1. The summed E-state index contributed by atoms with van der Waals surface area (Å²) < 4.78 is 395. The second kappa shape index (κ2) is 8.35. The monoisotopic (exact) mass is 755 g/mol. The largest absolute Gasteiger partial charge is 0.383 e. The van der Waals surface area contributed by atoms with Crippen molar-refractivity contribution in [2.24, 2.45) is 0 Å². The SMILES string of the molecule is Fc1c(F)c(F)c(C(F)(F)N2C3(F)C(F)(F)C(F)(F)C(F)(F)C(F)(F)C3(F)C3(F)C(F)(F)C(F)(F)C(F)(F)C(F)(F)C23F)c(F)c1F. The minimum Gasteiger partial charge on any atom is -0.227 e. The molecule has 0 spiro atoms. The Bertz CT molecular complexity index is 1460. The highest BCUT2D eigenvalue weighted by atomic mass is 19.4. The lowest BCUT2D eigenvalue weighted by Gasteiger charge is -2.58. The fourth-order valence-electron chi connectivity index (χ4n) is 5.54. The van der Waals surface area contributed by atoms with E-state index in [1.165, 1.54) is 0 Å². The molecule has 3 fully saturated rings. The highest BCUT2D eigenvalue weighted by Crippen LogP contribution is 2.86. The maximum atomic E-state index is 16.1. The standard InChI is InChI=1S/C19F27N/c20-2-1(3(21)5(23)6(24)4(2)22)7(25,26)47-18(45)8(27,10(29,30)12(33,34)14(37,38)16(18,41)42)9(28)11(31,32)13(35,36)15(39,40)17(43,44)19(9,47)46. The molecule has 1 saturated heterocycles. The molecule has 3 aliphatic rings. The van der Waals surface area contributed by atoms with Gasteiger partial charge in [0.2, 0.25) is 5.82 Å². The summed E-state index contributed by atoms with van der Waals surface area (Å²) in [5, 5.41) is 0. The van der Waals surface area contributed by atoms with Gasteiger partial charge >= 0.3 is 53.4 Å². The first-order valence-electron chi connectivity index (χ1n) is 10.8. The summed E-state index contributed by atoms with van der Waals surface area (Å²) in [5.41, 5.74) is -24.2. The van der Waals surface area contributed by atoms with Crippen LogP contribution in [-0.2, 0) is 6.05 Å². The summed E-state index contributed by atoms with van der Waals surface area (Å²) in [6.45, 7) is 0. The van der Waals surface area contributed by atoms with Gasteiger partial charge < -0.3 is 0 Å². The molecule has 2 aliphatic carbocycles. The van der Waals surface area contributed by atoms with Gasteiger partial charge in [0.15, 0.2) is 23.3 Å². The van der Waals surface area contributed by atoms with E-state index in [1.807, 2.05) is 0 Å². The van der Waals surface area contributed by atoms with E-state index in [4.69, 9.17) is 0 Å². The molecule has 4 unspecified atom stereocenters. The molecule has 1 aliphatic heterocycles. The van der Waals surface area contributed by atoms with Gasteiger partial charge in [0, 0.05) is 0 Å². The van der Waals surface area contributed by atoms with Crippen LogP contribution in [0.4, 0.5) is 119 Å². The third kappa shape index (κ3) is 2.80. The van der Waals surface area contributed by atoms with Crippen LogP contribution in [0.1, 0.15) is 5.56 Å². The van der Waals surface area contributed by atoms with Gasteiger partial charge in [0.25, 0.3) is 22.9 Å². The van der Waals surface area contributed by atoms with Crippen LogP contribution in [0.25, 0.3) is 0 Å². The Balaban J connectivity index is 2.47. The van der Waals surface area contributed by atoms with E-state index in [0.29, 0.717) is 0 Å². The molecule has 0 aromatic heterocycles. The van der Waals surface area contributed by atoms with E-state index in [-0.39, 0.29) is 0 Å². The van der Waals surface area contributed by atoms with Crippen molar-refractivity contribution in [2.75, 3.05) is 0 Å². The lowest BCUT2D eigenvalue weighted by Crippen LogP contribution is -2.92. The van der Waals surface area contributed by atoms with E-state index < -0.39 is 116 Å². The van der Waals surface area contributed by atoms with Gasteiger partial charge in [-0.05, 0) is 0 Å². The number of alkyl halides is 22. The number of fused-ring (bicyclic) bond motifs is 3. The predicted octanol–water partition coefficient (Wildman–Crippen LogP) is 8.60. The molecule has 270 valence electrons. The van der Waals surface area contributed by atoms with Crippen molar-refractivity contribution < 1.29 is 119 Å². The number of nitrogens with zero attached hydrogens (tertiary/aromatic N) is 1. The summed E-state index contributed by atoms with van der Waals surface area (Å²) in [6.07, 6.45) is 0. The van der Waals surface area contributed by atoms with E-state index in [0.717, 1.165) is 0 Å². The van der Waals surface area contributed by atoms with Crippen LogP contribution in [0.2, 0.25) is 0 Å². The average molecular weight is 755 g/mol. The average Bonchev–Trinajstić information content (AvgIpc) is 3.05. The molecule has 47 heavy (non-hydrogen) atoms. The van der Waals surface area contributed by atoms with Crippen LogP contribution in [0.3, 0.4) is 0 Å². The molecule has 2 saturated carbocycles. The van der Waals surface area contributed by atoms with Crippen LogP contribution in [-0.4, -0.2) is 75.2 Å². The number of halogens is 27. The third-order valence-corrected chi connectivity index (χ3v) is 7.86. The zero-order chi connectivity index (χ0) is 37.5. The van der Waals surface area contributed by atoms with Crippen molar-refractivity contribution in [3.63, 3.8) is 0 Å². The highest BCUT2D eigenvalue weighted by molar-refractivity contribution is 5.50. The van der Waals surface area contributed by atoms with Gasteiger partial charge in [-0.3, -0.25) is 0 Å². The predicted molar refractivity (Wildman–Crippen MR) is 86.9 cm³/mol. The third-order valence-electron chi connectivity index (χ3n) is 7.86. The lowest BCUT2D eigenvalue weighted by molar-refractivity contribution is -0.502. The van der Waals surface area contributed by atoms with Crippen LogP contribution in [0.5, 0.6) is 0 Å². The van der Waals surface area contributed by atoms with Crippen molar-refractivity contribution in [2.45, 2.75) is 76.3 Å². The second-order valence-electron chi connectivity index (χ2n) is 9.98. The summed E-state index contributed by atoms with van der Waals surface area (Å²) in [6, 6.07) is -8.66. The molecule has 28 heteroatoms. The Morgan fingerprint density at radius 1 is 0.319 bits per heavy atom. The zero-order valence-electron chi connectivity index (χ0n) is 20.2. The molecule has 1 aromatic rings. The van der Waals surface area contributed by atoms with Gasteiger partial charge in [-0.25, -0.2) is 39.5 Å². The Labute approximate surface area is 235 Å². The van der Waals surface area contributed by atoms with E-state index >= 15 is 26.3 Å². The zero-order valence-corrected chi connectivity index (χ0v) is 20.2. The van der Waals surface area contributed by atoms with Crippen LogP contribution >= 0.6 is 0 Å². The molecule has 1 aromatic carbocycles. The van der Waals surface area contributed by atoms with Crippen LogP contribution in [0.15, 0.2) is 0 Å². The Morgan fingerprint density at radius 3 is 0.787 bits per heavy atom. The van der Waals surface area contributed by atoms with Crippen LogP contribution in [0, 0.1) is 29.1 Å². The normalized spacial score (nSPS) is 38.9. The Hall–Kier alpha value is -2.71. The molecule has 0 radical (unpaired) electrons. The minimum atomic E-state index is -9.64. The van der Waals surface area contributed by atoms with Gasteiger partial charge in [-0.1, -0.05) is 0 Å². The Kier molecular flexibility index (Phi) is 6.59. The fraction of sp³-hybridized carbons (Fsp3) is 0.684. The van der Waals surface area contributed by atoms with Crippen molar-refractivity contribution >= 4 is 0 Å². The fourth-order valence-corrected chi connectivity index (χ4v) is 5.54. The summed E-state index contributed by atoms with van der Waals surface area (Å²) in [7, 11) is 0. The smallest absolute Gasteiger partial charge is 0.227 e. The molecule has 4 rings (SSSR count). The first kappa shape index (κ1) is 37.1. The highest BCUT2D eigenvalue weighted by Gasteiger charge is 3.19. The number of hydrogen-bond donors (Lipinski definition) is 0. The maximum absolute atomic E-state index is 16.1. The van der Waals surface area contributed by atoms with Crippen molar-refractivity contribution in [1.82, 2.24) is 4.90 Å². The molecule has 1 heterocycles. The minimum absolute atomic E-state index is 3.77. The molecule has 1 nitrogen and oxygen atoms in total. The molecule has 0 N–H and O–H groups in total. The van der Waals surface area contributed by atoms with E-state index in [9.17, 15) is 92.2 Å². The van der Waals surface area contributed by atoms with Gasteiger partial charge in [0.1, 0.15) is 5.56 Å². The van der Waals surface area contributed by atoms with Gasteiger partial charge in [-0.15, -0.1) is 0 Å². The molecule has 4 atom stereocenters. The molecular formula is C19F27N. The van der Waals surface area contributed by atoms with E-state index in [2.05, 4.69) is 0 Å². The first-order chi connectivity index (χ1) is 20.3. The maximum Gasteiger partial charge on any atom is 0.383 e. The summed E-state index contributed by atoms with van der Waals surface area (Å²) in [4.78, 5) is -5.18. The van der Waals surface area contributed by atoms with Crippen molar-refractivity contribution in [3.8, 4) is 0 Å². The number of rotatable bonds is 2. The molecule has 0 bridgehead atoms. The summed E-state index contributed by atoms with van der Waals surface area (Å²) >= 11 is 0.